The van der Waals surface area contributed by atoms with Crippen molar-refractivity contribution >= 4 is 17.6 Å². The summed E-state index contributed by atoms with van der Waals surface area (Å²) in [6.07, 6.45) is 1.40. The Hall–Kier alpha value is -3.35. The van der Waals surface area contributed by atoms with Crippen LogP contribution in [0, 0.1) is 27.7 Å². The molecule has 0 spiro atoms. The lowest BCUT2D eigenvalue weighted by atomic mass is 10.2. The van der Waals surface area contributed by atoms with E-state index in [1.807, 2.05) is 45.0 Å². The van der Waals surface area contributed by atoms with Gasteiger partial charge in [0, 0.05) is 5.56 Å². The summed E-state index contributed by atoms with van der Waals surface area (Å²) >= 11 is 0. The fraction of sp³-hybridized carbons (Fsp3) is 0.250. The number of furan rings is 1. The number of anilines is 1. The molecule has 2 aromatic heterocycles. The van der Waals surface area contributed by atoms with Crippen molar-refractivity contribution in [3.8, 4) is 5.69 Å². The number of esters is 1. The van der Waals surface area contributed by atoms with Crippen LogP contribution in [-0.2, 0) is 9.53 Å². The Morgan fingerprint density at radius 3 is 2.44 bits per heavy atom. The first-order valence-corrected chi connectivity index (χ1v) is 8.51. The second-order valence-electron chi connectivity index (χ2n) is 6.35. The van der Waals surface area contributed by atoms with Crippen LogP contribution in [0.3, 0.4) is 0 Å². The number of carbonyl (C=O) groups is 2. The number of hydrogen-bond donors (Lipinski definition) is 1. The highest BCUT2D eigenvalue weighted by molar-refractivity contribution is 5.95. The van der Waals surface area contributed by atoms with Gasteiger partial charge in [-0.15, -0.1) is 0 Å². The molecule has 0 saturated heterocycles. The summed E-state index contributed by atoms with van der Waals surface area (Å²) in [5.74, 6) is -1.01. The molecule has 2 heterocycles. The number of carbonyl (C=O) groups excluding carboxylic acids is 2. The molecule has 0 unspecified atom stereocenters. The summed E-state index contributed by atoms with van der Waals surface area (Å²) in [5.41, 5.74) is 4.79. The van der Waals surface area contributed by atoms with Gasteiger partial charge in [0.05, 0.1) is 29.0 Å². The van der Waals surface area contributed by atoms with Crippen LogP contribution in [0.2, 0.25) is 0 Å². The first kappa shape index (κ1) is 18.4. The topological polar surface area (TPSA) is 86.4 Å². The van der Waals surface area contributed by atoms with Gasteiger partial charge in [-0.2, -0.15) is 5.10 Å². The van der Waals surface area contributed by atoms with Crippen molar-refractivity contribution in [2.75, 3.05) is 11.9 Å². The molecule has 1 N–H and O–H groups in total. The number of aromatic nitrogens is 2. The molecule has 3 aromatic rings. The lowest BCUT2D eigenvalue weighted by molar-refractivity contribution is -0.119. The van der Waals surface area contributed by atoms with E-state index in [1.165, 1.54) is 6.26 Å². The molecule has 0 fully saturated rings. The van der Waals surface area contributed by atoms with Crippen LogP contribution >= 0.6 is 0 Å². The Labute approximate surface area is 156 Å². The van der Waals surface area contributed by atoms with E-state index in [9.17, 15) is 9.59 Å². The molecule has 0 atom stereocenters. The van der Waals surface area contributed by atoms with Crippen molar-refractivity contribution in [1.29, 1.82) is 0 Å². The normalized spacial score (nSPS) is 10.7. The van der Waals surface area contributed by atoms with Gasteiger partial charge in [0.2, 0.25) is 5.76 Å². The number of ether oxygens (including phenoxy) is 1. The monoisotopic (exact) mass is 367 g/mol. The van der Waals surface area contributed by atoms with Crippen molar-refractivity contribution in [2.45, 2.75) is 27.7 Å². The molecule has 7 nitrogen and oxygen atoms in total. The Balaban J connectivity index is 1.68. The zero-order chi connectivity index (χ0) is 19.6. The van der Waals surface area contributed by atoms with E-state index in [0.717, 1.165) is 16.9 Å². The summed E-state index contributed by atoms with van der Waals surface area (Å²) in [6.45, 7) is 7.02. The predicted molar refractivity (Wildman–Crippen MR) is 100 cm³/mol. The quantitative estimate of drug-likeness (QED) is 0.698. The minimum absolute atomic E-state index is 0.0994. The van der Waals surface area contributed by atoms with E-state index in [-0.39, 0.29) is 5.76 Å². The standard InChI is InChI=1S/C20H21N3O4/c1-12-5-7-16(8-6-12)23-15(4)18(14(3)22-23)21-17(24)11-27-20(25)19-13(2)9-10-26-19/h5-10H,11H2,1-4H3,(H,21,24). The minimum atomic E-state index is -0.670. The van der Waals surface area contributed by atoms with E-state index >= 15 is 0 Å². The summed E-state index contributed by atoms with van der Waals surface area (Å²) in [5, 5.41) is 7.26. The van der Waals surface area contributed by atoms with Gasteiger partial charge >= 0.3 is 5.97 Å². The lowest BCUT2D eigenvalue weighted by Gasteiger charge is -2.08. The van der Waals surface area contributed by atoms with Crippen molar-refractivity contribution in [3.05, 3.63) is 64.9 Å². The maximum Gasteiger partial charge on any atom is 0.375 e. The lowest BCUT2D eigenvalue weighted by Crippen LogP contribution is -2.21. The average Bonchev–Trinajstić information content (AvgIpc) is 3.19. The zero-order valence-corrected chi connectivity index (χ0v) is 15.7. The number of nitrogens with one attached hydrogen (secondary N) is 1. The van der Waals surface area contributed by atoms with E-state index in [1.54, 1.807) is 17.7 Å². The molecule has 0 bridgehead atoms. The van der Waals surface area contributed by atoms with Gasteiger partial charge in [-0.05, 0) is 45.9 Å². The van der Waals surface area contributed by atoms with Crippen LogP contribution in [0.15, 0.2) is 41.0 Å². The van der Waals surface area contributed by atoms with Gasteiger partial charge in [0.1, 0.15) is 0 Å². The summed E-state index contributed by atoms with van der Waals surface area (Å²) in [6, 6.07) is 9.59. The average molecular weight is 367 g/mol. The molecule has 1 aromatic carbocycles. The van der Waals surface area contributed by atoms with Gasteiger partial charge in [-0.3, -0.25) is 4.79 Å². The molecule has 27 heavy (non-hydrogen) atoms. The maximum absolute atomic E-state index is 12.2. The molecule has 140 valence electrons. The Kier molecular flexibility index (Phi) is 5.12. The Morgan fingerprint density at radius 1 is 1.11 bits per heavy atom. The third-order valence-corrected chi connectivity index (χ3v) is 4.22. The van der Waals surface area contributed by atoms with Gasteiger partial charge in [-0.25, -0.2) is 9.48 Å². The molecule has 1 amide bonds. The van der Waals surface area contributed by atoms with E-state index in [0.29, 0.717) is 16.9 Å². The van der Waals surface area contributed by atoms with Crippen LogP contribution in [0.4, 0.5) is 5.69 Å². The maximum atomic E-state index is 12.2. The fourth-order valence-corrected chi connectivity index (χ4v) is 2.71. The van der Waals surface area contributed by atoms with Crippen molar-refractivity contribution < 1.29 is 18.7 Å². The third-order valence-electron chi connectivity index (χ3n) is 4.22. The zero-order valence-electron chi connectivity index (χ0n) is 15.7. The third kappa shape index (κ3) is 3.92. The highest BCUT2D eigenvalue weighted by Gasteiger charge is 2.18. The van der Waals surface area contributed by atoms with Crippen LogP contribution in [0.25, 0.3) is 5.69 Å². The summed E-state index contributed by atoms with van der Waals surface area (Å²) in [7, 11) is 0. The number of hydrogen-bond acceptors (Lipinski definition) is 5. The number of aryl methyl sites for hydroxylation is 3. The predicted octanol–water partition coefficient (Wildman–Crippen LogP) is 3.49. The molecule has 3 rings (SSSR count). The Morgan fingerprint density at radius 2 is 1.81 bits per heavy atom. The first-order valence-electron chi connectivity index (χ1n) is 8.51. The molecule has 0 saturated carbocycles. The number of amides is 1. The Bertz CT molecular complexity index is 983. The van der Waals surface area contributed by atoms with Gasteiger partial charge in [-0.1, -0.05) is 17.7 Å². The van der Waals surface area contributed by atoms with Crippen LogP contribution < -0.4 is 5.32 Å². The largest absolute Gasteiger partial charge is 0.457 e. The molecule has 0 aliphatic heterocycles. The van der Waals surface area contributed by atoms with Gasteiger partial charge in [0.15, 0.2) is 6.61 Å². The molecular weight excluding hydrogens is 346 g/mol. The second kappa shape index (κ2) is 7.49. The smallest absolute Gasteiger partial charge is 0.375 e. The molecule has 0 aliphatic carbocycles. The number of nitrogens with zero attached hydrogens (tertiary/aromatic N) is 2. The van der Waals surface area contributed by atoms with Gasteiger partial charge in [0.25, 0.3) is 5.91 Å². The SMILES string of the molecule is Cc1ccc(-n2nc(C)c(NC(=O)COC(=O)c3occc3C)c2C)cc1. The highest BCUT2D eigenvalue weighted by Crippen LogP contribution is 2.23. The molecule has 0 aliphatic rings. The van der Waals surface area contributed by atoms with Crippen LogP contribution in [-0.4, -0.2) is 28.3 Å². The van der Waals surface area contributed by atoms with Crippen LogP contribution in [0.1, 0.15) is 33.1 Å². The van der Waals surface area contributed by atoms with E-state index in [2.05, 4.69) is 10.4 Å². The minimum Gasteiger partial charge on any atom is -0.457 e. The first-order chi connectivity index (χ1) is 12.9. The fourth-order valence-electron chi connectivity index (χ4n) is 2.71. The summed E-state index contributed by atoms with van der Waals surface area (Å²) < 4.78 is 11.8. The van der Waals surface area contributed by atoms with Crippen LogP contribution in [0.5, 0.6) is 0 Å². The molecule has 7 heteroatoms. The van der Waals surface area contributed by atoms with E-state index < -0.39 is 18.5 Å². The highest BCUT2D eigenvalue weighted by atomic mass is 16.5. The van der Waals surface area contributed by atoms with E-state index in [4.69, 9.17) is 9.15 Å². The number of rotatable bonds is 5. The van der Waals surface area contributed by atoms with Crippen molar-refractivity contribution in [1.82, 2.24) is 9.78 Å². The second-order valence-corrected chi connectivity index (χ2v) is 6.35. The number of benzene rings is 1. The molecular formula is C20H21N3O4. The summed E-state index contributed by atoms with van der Waals surface area (Å²) in [4.78, 5) is 24.1. The van der Waals surface area contributed by atoms with Crippen molar-refractivity contribution in [3.63, 3.8) is 0 Å². The molecule has 0 radical (unpaired) electrons. The van der Waals surface area contributed by atoms with Gasteiger partial charge < -0.3 is 14.5 Å². The van der Waals surface area contributed by atoms with Crippen molar-refractivity contribution in [2.24, 2.45) is 0 Å².